The third-order valence-corrected chi connectivity index (χ3v) is 7.37. The molecule has 2 aromatic rings. The van der Waals surface area contributed by atoms with Gasteiger partial charge in [-0.2, -0.15) is 0 Å². The molecular weight excluding hydrogens is 364 g/mol. The van der Waals surface area contributed by atoms with Crippen LogP contribution < -0.4 is 4.90 Å². The highest BCUT2D eigenvalue weighted by Crippen LogP contribution is 2.29. The third-order valence-electron chi connectivity index (χ3n) is 5.13. The Balaban J connectivity index is 1.27. The average Bonchev–Trinajstić information content (AvgIpc) is 3.40. The molecule has 4 rings (SSSR count). The summed E-state index contributed by atoms with van der Waals surface area (Å²) in [5, 5.41) is 11.5. The Kier molecular flexibility index (Phi) is 5.75. The highest BCUT2D eigenvalue weighted by molar-refractivity contribution is 8.00. The van der Waals surface area contributed by atoms with Crippen LogP contribution in [-0.2, 0) is 4.79 Å². The summed E-state index contributed by atoms with van der Waals surface area (Å²) in [5.74, 6) is 1.83. The van der Waals surface area contributed by atoms with E-state index in [0.29, 0.717) is 16.9 Å². The molecule has 3 heterocycles. The highest BCUT2D eigenvalue weighted by Gasteiger charge is 2.24. The topological polar surface area (TPSA) is 49.3 Å². The van der Waals surface area contributed by atoms with Crippen molar-refractivity contribution in [1.29, 1.82) is 0 Å². The van der Waals surface area contributed by atoms with Gasteiger partial charge < -0.3 is 9.80 Å². The molecule has 0 spiro atoms. The number of nitrogens with zero attached hydrogens (tertiary/aromatic N) is 4. The Labute approximate surface area is 162 Å². The molecule has 7 heteroatoms. The molecule has 0 atom stereocenters. The Morgan fingerprint density at radius 1 is 1.12 bits per heavy atom. The smallest absolute Gasteiger partial charge is 0.232 e. The number of hydrogen-bond donors (Lipinski definition) is 0. The van der Waals surface area contributed by atoms with E-state index in [9.17, 15) is 4.79 Å². The molecule has 0 N–H and O–H groups in total. The van der Waals surface area contributed by atoms with Crippen LogP contribution >= 0.6 is 23.1 Å². The van der Waals surface area contributed by atoms with Crippen LogP contribution in [0, 0.1) is 0 Å². The first kappa shape index (κ1) is 17.8. The second-order valence-electron chi connectivity index (χ2n) is 6.84. The molecular formula is C19H24N4OS2. The Morgan fingerprint density at radius 2 is 1.92 bits per heavy atom. The molecule has 0 bridgehead atoms. The molecule has 0 radical (unpaired) electrons. The van der Waals surface area contributed by atoms with Crippen molar-refractivity contribution >= 4 is 34.8 Å². The van der Waals surface area contributed by atoms with Gasteiger partial charge in [-0.15, -0.1) is 33.3 Å². The average molecular weight is 389 g/mol. The van der Waals surface area contributed by atoms with E-state index in [4.69, 9.17) is 0 Å². The largest absolute Gasteiger partial charge is 0.352 e. The lowest BCUT2D eigenvalue weighted by Crippen LogP contribution is -2.49. The van der Waals surface area contributed by atoms with E-state index >= 15 is 0 Å². The quantitative estimate of drug-likeness (QED) is 0.784. The third kappa shape index (κ3) is 4.20. The van der Waals surface area contributed by atoms with Gasteiger partial charge in [-0.3, -0.25) is 4.79 Å². The lowest BCUT2D eigenvalue weighted by Gasteiger charge is -2.35. The zero-order chi connectivity index (χ0) is 17.8. The number of thioether (sulfide) groups is 1. The van der Waals surface area contributed by atoms with Crippen molar-refractivity contribution in [3.05, 3.63) is 29.6 Å². The summed E-state index contributed by atoms with van der Waals surface area (Å²) in [6, 6.07) is 8.15. The van der Waals surface area contributed by atoms with Crippen molar-refractivity contribution in [3.63, 3.8) is 0 Å². The van der Waals surface area contributed by atoms with Crippen LogP contribution in [0.5, 0.6) is 0 Å². The van der Waals surface area contributed by atoms with E-state index in [1.54, 1.807) is 11.3 Å². The number of rotatable bonds is 5. The molecule has 1 aliphatic heterocycles. The van der Waals surface area contributed by atoms with Gasteiger partial charge >= 0.3 is 0 Å². The first-order valence-corrected chi connectivity index (χ1v) is 11.2. The minimum atomic E-state index is 0.292. The summed E-state index contributed by atoms with van der Waals surface area (Å²) < 4.78 is 0. The molecule has 1 saturated carbocycles. The molecule has 0 unspecified atom stereocenters. The normalized spacial score (nSPS) is 18.5. The maximum absolute atomic E-state index is 12.4. The van der Waals surface area contributed by atoms with E-state index in [1.807, 2.05) is 40.2 Å². The van der Waals surface area contributed by atoms with Gasteiger partial charge in [0.25, 0.3) is 0 Å². The van der Waals surface area contributed by atoms with Crippen molar-refractivity contribution in [1.82, 2.24) is 15.1 Å². The summed E-state index contributed by atoms with van der Waals surface area (Å²) in [6.45, 7) is 3.20. The molecule has 5 nitrogen and oxygen atoms in total. The number of piperazine rings is 1. The maximum Gasteiger partial charge on any atom is 0.232 e. The van der Waals surface area contributed by atoms with E-state index in [1.165, 1.54) is 25.7 Å². The number of carbonyl (C=O) groups is 1. The van der Waals surface area contributed by atoms with Gasteiger partial charge in [0.2, 0.25) is 5.91 Å². The van der Waals surface area contributed by atoms with Crippen molar-refractivity contribution < 1.29 is 4.79 Å². The first-order chi connectivity index (χ1) is 12.8. The van der Waals surface area contributed by atoms with E-state index < -0.39 is 0 Å². The van der Waals surface area contributed by atoms with Crippen LogP contribution in [0.4, 0.5) is 5.82 Å². The summed E-state index contributed by atoms with van der Waals surface area (Å²) in [6.07, 6.45) is 5.23. The second-order valence-corrected chi connectivity index (χ2v) is 9.08. The van der Waals surface area contributed by atoms with Crippen LogP contribution in [0.25, 0.3) is 10.6 Å². The first-order valence-electron chi connectivity index (χ1n) is 9.31. The molecule has 0 aromatic carbocycles. The molecule has 1 aliphatic carbocycles. The van der Waals surface area contributed by atoms with Gasteiger partial charge in [0.15, 0.2) is 5.82 Å². The van der Waals surface area contributed by atoms with Gasteiger partial charge in [-0.25, -0.2) is 0 Å². The Morgan fingerprint density at radius 3 is 2.58 bits per heavy atom. The Hall–Kier alpha value is -1.60. The summed E-state index contributed by atoms with van der Waals surface area (Å²) >= 11 is 3.53. The fourth-order valence-electron chi connectivity index (χ4n) is 3.57. The maximum atomic E-state index is 12.4. The summed E-state index contributed by atoms with van der Waals surface area (Å²) in [7, 11) is 0. The molecule has 1 amide bonds. The highest BCUT2D eigenvalue weighted by atomic mass is 32.2. The van der Waals surface area contributed by atoms with Crippen molar-refractivity contribution in [2.24, 2.45) is 0 Å². The lowest BCUT2D eigenvalue weighted by atomic mass is 10.3. The van der Waals surface area contributed by atoms with Gasteiger partial charge in [0, 0.05) is 31.4 Å². The standard InChI is InChI=1S/C19H24N4OS2/c24-19(14-26-15-4-1-2-5-15)23-11-9-22(10-12-23)18-8-7-16(20-21-18)17-6-3-13-25-17/h3,6-8,13,15H,1-2,4-5,9-12,14H2. The van der Waals surface area contributed by atoms with Gasteiger partial charge in [0.05, 0.1) is 10.6 Å². The molecule has 1 saturated heterocycles. The van der Waals surface area contributed by atoms with Gasteiger partial charge in [-0.05, 0) is 36.4 Å². The second kappa shape index (κ2) is 8.39. The number of aromatic nitrogens is 2. The molecule has 2 fully saturated rings. The molecule has 2 aromatic heterocycles. The zero-order valence-electron chi connectivity index (χ0n) is 14.8. The SMILES string of the molecule is O=C(CSC1CCCC1)N1CCN(c2ccc(-c3cccs3)nn2)CC1. The molecule has 26 heavy (non-hydrogen) atoms. The number of anilines is 1. The van der Waals surface area contributed by atoms with Gasteiger partial charge in [-0.1, -0.05) is 18.9 Å². The molecule has 138 valence electrons. The van der Waals surface area contributed by atoms with Crippen LogP contribution in [0.1, 0.15) is 25.7 Å². The number of carbonyl (C=O) groups excluding carboxylic acids is 1. The van der Waals surface area contributed by atoms with Gasteiger partial charge in [0.1, 0.15) is 5.69 Å². The summed E-state index contributed by atoms with van der Waals surface area (Å²) in [5.41, 5.74) is 0.918. The molecule has 2 aliphatic rings. The monoisotopic (exact) mass is 388 g/mol. The van der Waals surface area contributed by atoms with Crippen LogP contribution in [0.3, 0.4) is 0 Å². The van der Waals surface area contributed by atoms with E-state index in [2.05, 4.69) is 21.2 Å². The van der Waals surface area contributed by atoms with Crippen LogP contribution in [-0.4, -0.2) is 58.2 Å². The Bertz CT molecular complexity index is 706. The van der Waals surface area contributed by atoms with Crippen molar-refractivity contribution in [2.45, 2.75) is 30.9 Å². The predicted octanol–water partition coefficient (Wildman–Crippen LogP) is 3.53. The van der Waals surface area contributed by atoms with E-state index in [-0.39, 0.29) is 0 Å². The van der Waals surface area contributed by atoms with Crippen LogP contribution in [0.15, 0.2) is 29.6 Å². The minimum absolute atomic E-state index is 0.292. The van der Waals surface area contributed by atoms with E-state index in [0.717, 1.165) is 42.6 Å². The predicted molar refractivity (Wildman–Crippen MR) is 109 cm³/mol. The summed E-state index contributed by atoms with van der Waals surface area (Å²) in [4.78, 5) is 17.8. The van der Waals surface area contributed by atoms with Crippen molar-refractivity contribution in [3.8, 4) is 10.6 Å². The zero-order valence-corrected chi connectivity index (χ0v) is 16.5. The van der Waals surface area contributed by atoms with Crippen LogP contribution in [0.2, 0.25) is 0 Å². The van der Waals surface area contributed by atoms with Crippen molar-refractivity contribution in [2.75, 3.05) is 36.8 Å². The number of amides is 1. The lowest BCUT2D eigenvalue weighted by molar-refractivity contribution is -0.128. The number of hydrogen-bond acceptors (Lipinski definition) is 6. The number of thiophene rings is 1. The minimum Gasteiger partial charge on any atom is -0.352 e. The fourth-order valence-corrected chi connectivity index (χ4v) is 5.49. The fraction of sp³-hybridized carbons (Fsp3) is 0.526.